The Bertz CT molecular complexity index is 1590. The quantitative estimate of drug-likeness (QED) is 0.119. The van der Waals surface area contributed by atoms with Gasteiger partial charge in [-0.2, -0.15) is 9.78 Å². The summed E-state index contributed by atoms with van der Waals surface area (Å²) in [5, 5.41) is 17.4. The van der Waals surface area contributed by atoms with E-state index in [-0.39, 0.29) is 29.5 Å². The highest BCUT2D eigenvalue weighted by Crippen LogP contribution is 2.32. The number of rotatable bonds is 8. The Hall–Kier alpha value is -3.27. The van der Waals surface area contributed by atoms with E-state index in [4.69, 9.17) is 27.9 Å². The Morgan fingerprint density at radius 2 is 2.00 bits per heavy atom. The summed E-state index contributed by atoms with van der Waals surface area (Å²) >= 11 is 15.6. The lowest BCUT2D eigenvalue weighted by Crippen LogP contribution is -2.23. The smallest absolute Gasteiger partial charge is 0.311 e. The van der Waals surface area contributed by atoms with E-state index in [1.54, 1.807) is 36.4 Å². The van der Waals surface area contributed by atoms with Gasteiger partial charge in [-0.05, 0) is 42.8 Å². The summed E-state index contributed by atoms with van der Waals surface area (Å²) in [5.74, 6) is 0.419. The lowest BCUT2D eigenvalue weighted by atomic mass is 10.1. The second-order valence-electron chi connectivity index (χ2n) is 8.28. The number of aromatic nitrogens is 2. The van der Waals surface area contributed by atoms with E-state index < -0.39 is 4.92 Å². The topological polar surface area (TPSA) is 99.6 Å². The fourth-order valence-electron chi connectivity index (χ4n) is 3.63. The molecule has 0 aliphatic carbocycles. The van der Waals surface area contributed by atoms with Crippen LogP contribution in [0.1, 0.15) is 43.1 Å². The number of nitro groups is 1. The third-order valence-electron chi connectivity index (χ3n) is 5.81. The van der Waals surface area contributed by atoms with Gasteiger partial charge in [0.05, 0.1) is 22.0 Å². The molecule has 3 aromatic carbocycles. The molecule has 0 saturated carbocycles. The van der Waals surface area contributed by atoms with Gasteiger partial charge in [0, 0.05) is 37.6 Å². The Morgan fingerprint density at radius 1 is 1.22 bits per heavy atom. The molecular formula is C26H21BrCl2N4O4. The van der Waals surface area contributed by atoms with Crippen molar-refractivity contribution in [1.29, 1.82) is 0 Å². The maximum atomic E-state index is 13.4. The van der Waals surface area contributed by atoms with Crippen LogP contribution in [0, 0.1) is 10.1 Å². The third-order valence-corrected chi connectivity index (χ3v) is 6.89. The van der Waals surface area contributed by atoms with Crippen LogP contribution < -0.4 is 10.3 Å². The molecule has 1 atom stereocenters. The molecule has 11 heteroatoms. The number of fused-ring (bicyclic) bond motifs is 1. The summed E-state index contributed by atoms with van der Waals surface area (Å²) in [7, 11) is 0. The van der Waals surface area contributed by atoms with Gasteiger partial charge >= 0.3 is 5.69 Å². The van der Waals surface area contributed by atoms with Crippen LogP contribution in [0.15, 0.2) is 69.0 Å². The van der Waals surface area contributed by atoms with Crippen molar-refractivity contribution in [1.82, 2.24) is 9.66 Å². The Labute approximate surface area is 230 Å². The zero-order valence-corrected chi connectivity index (χ0v) is 22.9. The van der Waals surface area contributed by atoms with Crippen LogP contribution in [0.25, 0.3) is 10.9 Å². The minimum Gasteiger partial charge on any atom is -0.481 e. The zero-order valence-electron chi connectivity index (χ0n) is 19.8. The van der Waals surface area contributed by atoms with Crippen LogP contribution in [0.2, 0.25) is 10.0 Å². The van der Waals surface area contributed by atoms with Gasteiger partial charge in [-0.3, -0.25) is 14.9 Å². The summed E-state index contributed by atoms with van der Waals surface area (Å²) in [6.45, 7) is 3.91. The van der Waals surface area contributed by atoms with Crippen LogP contribution in [0.5, 0.6) is 5.75 Å². The van der Waals surface area contributed by atoms with Crippen molar-refractivity contribution in [3.05, 3.63) is 107 Å². The van der Waals surface area contributed by atoms with Gasteiger partial charge in [0.25, 0.3) is 5.56 Å². The molecule has 0 bridgehead atoms. The summed E-state index contributed by atoms with van der Waals surface area (Å²) < 4.78 is 7.84. The molecule has 1 heterocycles. The predicted octanol–water partition coefficient (Wildman–Crippen LogP) is 7.35. The van der Waals surface area contributed by atoms with Crippen molar-refractivity contribution in [2.75, 3.05) is 0 Å². The number of benzene rings is 3. The average molecular weight is 604 g/mol. The average Bonchev–Trinajstić information content (AvgIpc) is 2.87. The second kappa shape index (κ2) is 11.4. The van der Waals surface area contributed by atoms with Crippen LogP contribution in [-0.2, 0) is 6.61 Å². The fourth-order valence-corrected chi connectivity index (χ4v) is 4.46. The molecule has 1 aromatic heterocycles. The van der Waals surface area contributed by atoms with Crippen molar-refractivity contribution >= 4 is 61.9 Å². The molecule has 0 amide bonds. The lowest BCUT2D eigenvalue weighted by Gasteiger charge is -2.14. The standard InChI is InChI=1S/C26H21BrCl2N4O4/c1-3-15(2)25-31-22-10-8-18(27)11-20(22)26(34)32(25)30-13-16-5-4-6-23(33(35)36)24(16)37-14-17-7-9-19(28)12-21(17)29/h4-13,15H,3,14H2,1-2H3/t15-/m0/s1. The third kappa shape index (κ3) is 5.84. The Morgan fingerprint density at radius 3 is 2.70 bits per heavy atom. The van der Waals surface area contributed by atoms with E-state index in [2.05, 4.69) is 26.0 Å². The minimum absolute atomic E-state index is 0.00287. The maximum Gasteiger partial charge on any atom is 0.311 e. The molecular weight excluding hydrogens is 583 g/mol. The molecule has 0 aliphatic heterocycles. The van der Waals surface area contributed by atoms with E-state index in [1.807, 2.05) is 19.9 Å². The van der Waals surface area contributed by atoms with E-state index in [0.29, 0.717) is 37.9 Å². The zero-order chi connectivity index (χ0) is 26.7. The van der Waals surface area contributed by atoms with Crippen molar-refractivity contribution in [3.8, 4) is 5.75 Å². The van der Waals surface area contributed by atoms with Gasteiger partial charge in [-0.25, -0.2) is 4.98 Å². The number of hydrogen-bond donors (Lipinski definition) is 0. The number of hydrogen-bond acceptors (Lipinski definition) is 6. The molecule has 0 unspecified atom stereocenters. The first-order valence-electron chi connectivity index (χ1n) is 11.3. The molecule has 0 fully saturated rings. The fraction of sp³-hybridized carbons (Fsp3) is 0.192. The highest BCUT2D eigenvalue weighted by atomic mass is 79.9. The molecule has 8 nitrogen and oxygen atoms in total. The van der Waals surface area contributed by atoms with E-state index >= 15 is 0 Å². The molecule has 0 spiro atoms. The maximum absolute atomic E-state index is 13.4. The Balaban J connectivity index is 1.80. The van der Waals surface area contributed by atoms with E-state index in [9.17, 15) is 14.9 Å². The SMILES string of the molecule is CC[C@H](C)c1nc2ccc(Br)cc2c(=O)n1N=Cc1cccc([N+](=O)[O-])c1OCc1ccc(Cl)cc1Cl. The van der Waals surface area contributed by atoms with Crippen molar-refractivity contribution < 1.29 is 9.66 Å². The summed E-state index contributed by atoms with van der Waals surface area (Å²) in [4.78, 5) is 29.3. The van der Waals surface area contributed by atoms with Gasteiger partial charge < -0.3 is 4.74 Å². The van der Waals surface area contributed by atoms with Crippen LogP contribution in [-0.4, -0.2) is 20.8 Å². The Kier molecular flexibility index (Phi) is 8.26. The summed E-state index contributed by atoms with van der Waals surface area (Å²) in [6.07, 6.45) is 2.10. The molecule has 0 saturated heterocycles. The molecule has 0 radical (unpaired) electrons. The first kappa shape index (κ1) is 26.8. The van der Waals surface area contributed by atoms with E-state index in [1.165, 1.54) is 23.0 Å². The van der Waals surface area contributed by atoms with Crippen LogP contribution in [0.3, 0.4) is 0 Å². The monoisotopic (exact) mass is 602 g/mol. The second-order valence-corrected chi connectivity index (χ2v) is 10.0. The van der Waals surface area contributed by atoms with Crippen molar-refractivity contribution in [3.63, 3.8) is 0 Å². The van der Waals surface area contributed by atoms with Gasteiger partial charge in [0.15, 0.2) is 0 Å². The molecule has 0 aliphatic rings. The molecule has 4 aromatic rings. The lowest BCUT2D eigenvalue weighted by molar-refractivity contribution is -0.385. The molecule has 37 heavy (non-hydrogen) atoms. The number of nitrogens with zero attached hydrogens (tertiary/aromatic N) is 4. The molecule has 4 rings (SSSR count). The largest absolute Gasteiger partial charge is 0.481 e. The van der Waals surface area contributed by atoms with Crippen molar-refractivity contribution in [2.24, 2.45) is 5.10 Å². The van der Waals surface area contributed by atoms with Gasteiger partial charge in [-0.15, -0.1) is 0 Å². The number of nitro benzene ring substituents is 1. The number of halogens is 3. The normalized spacial score (nSPS) is 12.2. The van der Waals surface area contributed by atoms with Crippen molar-refractivity contribution in [2.45, 2.75) is 32.8 Å². The van der Waals surface area contributed by atoms with Gasteiger partial charge in [-0.1, -0.05) is 65.1 Å². The first-order chi connectivity index (χ1) is 17.7. The summed E-state index contributed by atoms with van der Waals surface area (Å²) in [6, 6.07) is 14.7. The van der Waals surface area contributed by atoms with Crippen LogP contribution in [0.4, 0.5) is 5.69 Å². The number of para-hydroxylation sites is 1. The predicted molar refractivity (Wildman–Crippen MR) is 149 cm³/mol. The first-order valence-corrected chi connectivity index (χ1v) is 12.8. The van der Waals surface area contributed by atoms with Gasteiger partial charge in [0.2, 0.25) is 5.75 Å². The summed E-state index contributed by atoms with van der Waals surface area (Å²) in [5.41, 5.74) is 0.888. The van der Waals surface area contributed by atoms with Crippen LogP contribution >= 0.6 is 39.1 Å². The van der Waals surface area contributed by atoms with Gasteiger partial charge in [0.1, 0.15) is 12.4 Å². The highest BCUT2D eigenvalue weighted by Gasteiger charge is 2.20. The van der Waals surface area contributed by atoms with E-state index in [0.717, 1.165) is 10.9 Å². The minimum atomic E-state index is -0.540. The highest BCUT2D eigenvalue weighted by molar-refractivity contribution is 9.10. The molecule has 190 valence electrons. The number of ether oxygens (including phenoxy) is 1. The molecule has 0 N–H and O–H groups in total.